The van der Waals surface area contributed by atoms with Crippen molar-refractivity contribution in [2.75, 3.05) is 29.9 Å². The van der Waals surface area contributed by atoms with Gasteiger partial charge in [-0.05, 0) is 55.2 Å². The molecule has 3 rings (SSSR count). The second-order valence-electron chi connectivity index (χ2n) is 6.77. The molecule has 2 N–H and O–H groups in total. The molecular formula is C21H26N4O. The van der Waals surface area contributed by atoms with Crippen LogP contribution in [-0.2, 0) is 0 Å². The van der Waals surface area contributed by atoms with Crippen molar-refractivity contribution in [2.45, 2.75) is 19.8 Å². The quantitative estimate of drug-likeness (QED) is 0.774. The van der Waals surface area contributed by atoms with Gasteiger partial charge >= 0.3 is 0 Å². The van der Waals surface area contributed by atoms with Gasteiger partial charge < -0.3 is 15.5 Å². The molecule has 2 heterocycles. The number of benzene rings is 1. The van der Waals surface area contributed by atoms with E-state index in [2.05, 4.69) is 58.3 Å². The number of piperidine rings is 1. The molecule has 1 aliphatic rings. The lowest BCUT2D eigenvalue weighted by molar-refractivity contribution is 0.0958. The standard InChI is InChI=1S/C21H26N4O/c1-3-11-23-21(26)17-8-12-22-20(15-17)24-18-4-6-19(7-5-18)25-13-9-16(2)10-14-25/h3-8,12,15-16H,1,9-11,13-14H2,2H3,(H,22,24)(H,23,26). The summed E-state index contributed by atoms with van der Waals surface area (Å²) >= 11 is 0. The Kier molecular flexibility index (Phi) is 5.89. The summed E-state index contributed by atoms with van der Waals surface area (Å²) in [6.45, 7) is 8.61. The van der Waals surface area contributed by atoms with Crippen LogP contribution >= 0.6 is 0 Å². The summed E-state index contributed by atoms with van der Waals surface area (Å²) in [6.07, 6.45) is 5.80. The van der Waals surface area contributed by atoms with Crippen molar-refractivity contribution in [3.8, 4) is 0 Å². The Morgan fingerprint density at radius 1 is 1.27 bits per heavy atom. The second-order valence-corrected chi connectivity index (χ2v) is 6.77. The number of rotatable bonds is 6. The van der Waals surface area contributed by atoms with Crippen LogP contribution in [0.3, 0.4) is 0 Å². The van der Waals surface area contributed by atoms with Crippen molar-refractivity contribution in [1.29, 1.82) is 0 Å². The lowest BCUT2D eigenvalue weighted by Gasteiger charge is -2.32. The summed E-state index contributed by atoms with van der Waals surface area (Å²) in [5.74, 6) is 1.34. The number of hydrogen-bond acceptors (Lipinski definition) is 4. The predicted molar refractivity (Wildman–Crippen MR) is 107 cm³/mol. The third-order valence-corrected chi connectivity index (χ3v) is 4.72. The molecule has 1 aliphatic heterocycles. The number of aromatic nitrogens is 1. The molecule has 0 saturated carbocycles. The first-order valence-corrected chi connectivity index (χ1v) is 9.13. The number of carbonyl (C=O) groups excluding carboxylic acids is 1. The van der Waals surface area contributed by atoms with Gasteiger partial charge in [0.2, 0.25) is 0 Å². The molecule has 1 fully saturated rings. The second kappa shape index (κ2) is 8.52. The minimum Gasteiger partial charge on any atom is -0.372 e. The fourth-order valence-corrected chi connectivity index (χ4v) is 3.08. The van der Waals surface area contributed by atoms with Crippen LogP contribution in [0.1, 0.15) is 30.1 Å². The Bertz CT molecular complexity index is 749. The van der Waals surface area contributed by atoms with Gasteiger partial charge in [-0.3, -0.25) is 4.79 Å². The Morgan fingerprint density at radius 3 is 2.69 bits per heavy atom. The van der Waals surface area contributed by atoms with E-state index in [0.717, 1.165) is 24.7 Å². The predicted octanol–water partition coefficient (Wildman–Crippen LogP) is 3.98. The van der Waals surface area contributed by atoms with E-state index in [1.807, 2.05) is 0 Å². The Hall–Kier alpha value is -2.82. The van der Waals surface area contributed by atoms with Gasteiger partial charge in [0.25, 0.3) is 5.91 Å². The highest BCUT2D eigenvalue weighted by Gasteiger charge is 2.15. The SMILES string of the molecule is C=CCNC(=O)c1ccnc(Nc2ccc(N3CCC(C)CC3)cc2)c1. The number of hydrogen-bond donors (Lipinski definition) is 2. The van der Waals surface area contributed by atoms with Crippen LogP contribution in [-0.4, -0.2) is 30.5 Å². The topological polar surface area (TPSA) is 57.3 Å². The normalized spacial score (nSPS) is 14.7. The zero-order valence-corrected chi connectivity index (χ0v) is 15.2. The summed E-state index contributed by atoms with van der Waals surface area (Å²) in [4.78, 5) is 18.8. The van der Waals surface area contributed by atoms with Crippen LogP contribution in [0.5, 0.6) is 0 Å². The van der Waals surface area contributed by atoms with Crippen LogP contribution in [0.2, 0.25) is 0 Å². The lowest BCUT2D eigenvalue weighted by Crippen LogP contribution is -2.32. The summed E-state index contributed by atoms with van der Waals surface area (Å²) in [5.41, 5.74) is 2.78. The fourth-order valence-electron chi connectivity index (χ4n) is 3.08. The van der Waals surface area contributed by atoms with Crippen molar-refractivity contribution in [1.82, 2.24) is 10.3 Å². The molecule has 0 bridgehead atoms. The summed E-state index contributed by atoms with van der Waals surface area (Å²) in [6, 6.07) is 11.8. The maximum atomic E-state index is 12.0. The van der Waals surface area contributed by atoms with Gasteiger partial charge in [0.1, 0.15) is 5.82 Å². The monoisotopic (exact) mass is 350 g/mol. The molecule has 0 radical (unpaired) electrons. The number of nitrogens with zero attached hydrogens (tertiary/aromatic N) is 2. The van der Waals surface area contributed by atoms with E-state index >= 15 is 0 Å². The summed E-state index contributed by atoms with van der Waals surface area (Å²) in [7, 11) is 0. The molecule has 136 valence electrons. The first-order chi connectivity index (χ1) is 12.7. The van der Waals surface area contributed by atoms with Crippen molar-refractivity contribution in [3.63, 3.8) is 0 Å². The molecule has 0 unspecified atom stereocenters. The van der Waals surface area contributed by atoms with E-state index in [4.69, 9.17) is 0 Å². The highest BCUT2D eigenvalue weighted by Crippen LogP contribution is 2.25. The molecule has 1 saturated heterocycles. The highest BCUT2D eigenvalue weighted by atomic mass is 16.1. The van der Waals surface area contributed by atoms with Crippen LogP contribution < -0.4 is 15.5 Å². The van der Waals surface area contributed by atoms with Gasteiger partial charge in [-0.2, -0.15) is 0 Å². The smallest absolute Gasteiger partial charge is 0.251 e. The molecule has 1 amide bonds. The first-order valence-electron chi connectivity index (χ1n) is 9.13. The van der Waals surface area contributed by atoms with E-state index in [9.17, 15) is 4.79 Å². The number of nitrogens with one attached hydrogen (secondary N) is 2. The van der Waals surface area contributed by atoms with Gasteiger partial charge in [0, 0.05) is 42.8 Å². The molecule has 2 aromatic rings. The minimum atomic E-state index is -0.134. The van der Waals surface area contributed by atoms with Crippen molar-refractivity contribution in [2.24, 2.45) is 5.92 Å². The molecule has 26 heavy (non-hydrogen) atoms. The summed E-state index contributed by atoms with van der Waals surface area (Å²) < 4.78 is 0. The van der Waals surface area contributed by atoms with Gasteiger partial charge in [-0.15, -0.1) is 6.58 Å². The Morgan fingerprint density at radius 2 is 2.00 bits per heavy atom. The third-order valence-electron chi connectivity index (χ3n) is 4.72. The van der Waals surface area contributed by atoms with Crippen LogP contribution in [0.4, 0.5) is 17.2 Å². The van der Waals surface area contributed by atoms with Gasteiger partial charge in [0.05, 0.1) is 0 Å². The molecule has 0 atom stereocenters. The van der Waals surface area contributed by atoms with Gasteiger partial charge in [-0.1, -0.05) is 13.0 Å². The van der Waals surface area contributed by atoms with E-state index in [0.29, 0.717) is 17.9 Å². The Balaban J connectivity index is 1.64. The lowest BCUT2D eigenvalue weighted by atomic mass is 9.99. The maximum absolute atomic E-state index is 12.0. The average molecular weight is 350 g/mol. The molecule has 5 nitrogen and oxygen atoms in total. The van der Waals surface area contributed by atoms with E-state index in [1.165, 1.54) is 18.5 Å². The Labute approximate surface area is 155 Å². The maximum Gasteiger partial charge on any atom is 0.251 e. The van der Waals surface area contributed by atoms with E-state index < -0.39 is 0 Å². The third kappa shape index (κ3) is 4.63. The number of carbonyl (C=O) groups is 1. The summed E-state index contributed by atoms with van der Waals surface area (Å²) in [5, 5.41) is 6.03. The molecule has 1 aromatic carbocycles. The van der Waals surface area contributed by atoms with Crippen molar-refractivity contribution < 1.29 is 4.79 Å². The van der Waals surface area contributed by atoms with Crippen molar-refractivity contribution in [3.05, 3.63) is 60.8 Å². The number of anilines is 3. The largest absolute Gasteiger partial charge is 0.372 e. The number of pyridine rings is 1. The van der Waals surface area contributed by atoms with E-state index in [1.54, 1.807) is 24.4 Å². The molecule has 0 spiro atoms. The molecule has 0 aliphatic carbocycles. The molecule has 1 aromatic heterocycles. The minimum absolute atomic E-state index is 0.134. The van der Waals surface area contributed by atoms with Gasteiger partial charge in [0.15, 0.2) is 0 Å². The first kappa shape index (κ1) is 18.0. The zero-order valence-electron chi connectivity index (χ0n) is 15.2. The van der Waals surface area contributed by atoms with Crippen molar-refractivity contribution >= 4 is 23.1 Å². The van der Waals surface area contributed by atoms with Gasteiger partial charge in [-0.25, -0.2) is 4.98 Å². The van der Waals surface area contributed by atoms with Crippen LogP contribution in [0.25, 0.3) is 0 Å². The van der Waals surface area contributed by atoms with Crippen LogP contribution in [0, 0.1) is 5.92 Å². The molecular weight excluding hydrogens is 324 g/mol. The van der Waals surface area contributed by atoms with E-state index in [-0.39, 0.29) is 5.91 Å². The molecule has 5 heteroatoms. The van der Waals surface area contributed by atoms with Crippen LogP contribution in [0.15, 0.2) is 55.3 Å². The average Bonchev–Trinajstić information content (AvgIpc) is 2.67. The zero-order chi connectivity index (χ0) is 18.4. The fraction of sp³-hybridized carbons (Fsp3) is 0.333. The highest BCUT2D eigenvalue weighted by molar-refractivity contribution is 5.95. The number of amides is 1.